The van der Waals surface area contributed by atoms with E-state index in [0.717, 1.165) is 11.9 Å². The lowest BCUT2D eigenvalue weighted by Gasteiger charge is -2.09. The molecule has 0 saturated carbocycles. The van der Waals surface area contributed by atoms with Crippen LogP contribution in [0.3, 0.4) is 0 Å². The fraction of sp³-hybridized carbons (Fsp3) is 0.167. The van der Waals surface area contributed by atoms with Crippen LogP contribution in [0.5, 0.6) is 0 Å². The van der Waals surface area contributed by atoms with Gasteiger partial charge in [0.15, 0.2) is 5.58 Å². The Morgan fingerprint density at radius 3 is 2.58 bits per heavy atom. The van der Waals surface area contributed by atoms with Gasteiger partial charge < -0.3 is 9.73 Å². The van der Waals surface area contributed by atoms with Crippen LogP contribution in [0.25, 0.3) is 22.6 Å². The number of benzene rings is 3. The van der Waals surface area contributed by atoms with Crippen LogP contribution < -0.4 is 5.32 Å². The van der Waals surface area contributed by atoms with Crippen molar-refractivity contribution in [3.05, 3.63) is 80.8 Å². The van der Waals surface area contributed by atoms with E-state index < -0.39 is 0 Å². The highest BCUT2D eigenvalue weighted by Crippen LogP contribution is 2.34. The third-order valence-corrected chi connectivity index (χ3v) is 6.10. The van der Waals surface area contributed by atoms with Gasteiger partial charge in [0.25, 0.3) is 5.91 Å². The summed E-state index contributed by atoms with van der Waals surface area (Å²) >= 11 is 18.5. The molecule has 0 aliphatic rings. The highest BCUT2D eigenvalue weighted by molar-refractivity contribution is 6.37. The topological polar surface area (TPSA) is 55.1 Å². The second kappa shape index (κ2) is 8.91. The van der Waals surface area contributed by atoms with Gasteiger partial charge >= 0.3 is 0 Å². The van der Waals surface area contributed by atoms with E-state index in [9.17, 15) is 4.79 Å². The maximum absolute atomic E-state index is 12.6. The number of nitrogens with zero attached hydrogens (tertiary/aromatic N) is 1. The number of carbonyl (C=O) groups excluding carboxylic acids is 1. The minimum Gasteiger partial charge on any atom is -0.436 e. The zero-order chi connectivity index (χ0) is 22.1. The molecule has 0 spiro atoms. The third-order valence-electron chi connectivity index (χ3n) is 5.22. The van der Waals surface area contributed by atoms with Gasteiger partial charge in [0.1, 0.15) is 5.52 Å². The summed E-state index contributed by atoms with van der Waals surface area (Å²) in [5.41, 5.74) is 4.11. The maximum Gasteiger partial charge on any atom is 0.257 e. The Labute approximate surface area is 195 Å². The third kappa shape index (κ3) is 4.57. The fourth-order valence-corrected chi connectivity index (χ4v) is 3.93. The van der Waals surface area contributed by atoms with Gasteiger partial charge in [0, 0.05) is 10.7 Å². The lowest BCUT2D eigenvalue weighted by Crippen LogP contribution is -2.12. The van der Waals surface area contributed by atoms with Crippen molar-refractivity contribution in [3.63, 3.8) is 0 Å². The summed E-state index contributed by atoms with van der Waals surface area (Å²) in [5.74, 6) is 0.471. The minimum atomic E-state index is -0.356. The molecule has 1 atom stereocenters. The van der Waals surface area contributed by atoms with E-state index in [1.165, 1.54) is 11.6 Å². The summed E-state index contributed by atoms with van der Waals surface area (Å²) in [7, 11) is 0. The number of amides is 1. The molecule has 1 amide bonds. The van der Waals surface area contributed by atoms with Gasteiger partial charge in [-0.3, -0.25) is 4.79 Å². The SMILES string of the molecule is CCC(C)c1ccc2oc(-c3cc(NC(=O)c4ccc(Cl)cc4Cl)ccc3Cl)nc2c1. The smallest absolute Gasteiger partial charge is 0.257 e. The number of anilines is 1. The lowest BCUT2D eigenvalue weighted by atomic mass is 9.98. The fourth-order valence-electron chi connectivity index (χ4n) is 3.24. The average molecular weight is 474 g/mol. The Morgan fingerprint density at radius 2 is 1.84 bits per heavy atom. The van der Waals surface area contributed by atoms with Gasteiger partial charge in [-0.2, -0.15) is 0 Å². The molecule has 7 heteroatoms. The number of rotatable bonds is 5. The van der Waals surface area contributed by atoms with E-state index in [2.05, 4.69) is 30.2 Å². The number of hydrogen-bond donors (Lipinski definition) is 1. The van der Waals surface area contributed by atoms with E-state index in [1.54, 1.807) is 30.3 Å². The van der Waals surface area contributed by atoms with Gasteiger partial charge in [-0.1, -0.05) is 54.7 Å². The Balaban J connectivity index is 1.65. The van der Waals surface area contributed by atoms with Crippen LogP contribution in [0.4, 0.5) is 5.69 Å². The molecule has 1 heterocycles. The zero-order valence-corrected chi connectivity index (χ0v) is 19.1. The summed E-state index contributed by atoms with van der Waals surface area (Å²) in [4.78, 5) is 17.3. The number of aromatic nitrogens is 1. The molecule has 1 aromatic heterocycles. The predicted molar refractivity (Wildman–Crippen MR) is 128 cm³/mol. The Hall–Kier alpha value is -2.53. The van der Waals surface area contributed by atoms with Gasteiger partial charge in [0.05, 0.1) is 21.2 Å². The summed E-state index contributed by atoms with van der Waals surface area (Å²) in [5, 5.41) is 4.03. The van der Waals surface area contributed by atoms with Gasteiger partial charge in [-0.15, -0.1) is 0 Å². The van der Waals surface area contributed by atoms with Crippen LogP contribution in [0, 0.1) is 0 Å². The van der Waals surface area contributed by atoms with Crippen molar-refractivity contribution in [1.29, 1.82) is 0 Å². The molecular formula is C24H19Cl3N2O2. The molecule has 4 nitrogen and oxygen atoms in total. The Bertz CT molecular complexity index is 1280. The highest BCUT2D eigenvalue weighted by Gasteiger charge is 2.16. The number of oxazole rings is 1. The molecule has 0 fully saturated rings. The first-order chi connectivity index (χ1) is 14.9. The molecule has 0 aliphatic heterocycles. The minimum absolute atomic E-state index is 0.273. The van der Waals surface area contributed by atoms with Crippen LogP contribution in [-0.4, -0.2) is 10.9 Å². The van der Waals surface area contributed by atoms with E-state index in [4.69, 9.17) is 39.2 Å². The molecule has 1 N–H and O–H groups in total. The summed E-state index contributed by atoms with van der Waals surface area (Å²) in [6.07, 6.45) is 1.04. The van der Waals surface area contributed by atoms with Gasteiger partial charge in [-0.25, -0.2) is 4.98 Å². The second-order valence-electron chi connectivity index (χ2n) is 7.33. The molecule has 0 aliphatic carbocycles. The van der Waals surface area contributed by atoms with Crippen LogP contribution in [0.2, 0.25) is 15.1 Å². The maximum atomic E-state index is 12.6. The number of hydrogen-bond acceptors (Lipinski definition) is 3. The van der Waals surface area contributed by atoms with Crippen molar-refractivity contribution in [2.45, 2.75) is 26.2 Å². The van der Waals surface area contributed by atoms with Crippen LogP contribution >= 0.6 is 34.8 Å². The molecule has 4 rings (SSSR count). The molecule has 31 heavy (non-hydrogen) atoms. The van der Waals surface area contributed by atoms with Crippen LogP contribution in [0.1, 0.15) is 42.1 Å². The number of nitrogens with one attached hydrogen (secondary N) is 1. The van der Waals surface area contributed by atoms with Crippen molar-refractivity contribution >= 4 is 57.5 Å². The van der Waals surface area contributed by atoms with E-state index in [0.29, 0.717) is 44.3 Å². The zero-order valence-electron chi connectivity index (χ0n) is 16.9. The molecular weight excluding hydrogens is 455 g/mol. The first kappa shape index (κ1) is 21.7. The predicted octanol–water partition coefficient (Wildman–Crippen LogP) is 8.22. The molecule has 0 radical (unpaired) electrons. The molecule has 3 aromatic carbocycles. The van der Waals surface area contributed by atoms with E-state index >= 15 is 0 Å². The quantitative estimate of drug-likeness (QED) is 0.317. The van der Waals surface area contributed by atoms with Crippen molar-refractivity contribution < 1.29 is 9.21 Å². The van der Waals surface area contributed by atoms with Crippen molar-refractivity contribution in [3.8, 4) is 11.5 Å². The van der Waals surface area contributed by atoms with Crippen molar-refractivity contribution in [2.24, 2.45) is 0 Å². The monoisotopic (exact) mass is 472 g/mol. The molecule has 1 unspecified atom stereocenters. The summed E-state index contributed by atoms with van der Waals surface area (Å²) in [6, 6.07) is 15.9. The summed E-state index contributed by atoms with van der Waals surface area (Å²) in [6.45, 7) is 4.33. The number of carbonyl (C=O) groups is 1. The van der Waals surface area contributed by atoms with E-state index in [-0.39, 0.29) is 10.9 Å². The second-order valence-corrected chi connectivity index (χ2v) is 8.58. The highest BCUT2D eigenvalue weighted by atomic mass is 35.5. The van der Waals surface area contributed by atoms with E-state index in [1.807, 2.05) is 12.1 Å². The standard InChI is InChI=1S/C24H19Cl3N2O2/c1-3-13(2)14-4-9-22-21(10-14)29-24(31-22)18-12-16(6-8-19(18)26)28-23(30)17-7-5-15(25)11-20(17)27/h4-13H,3H2,1-2H3,(H,28,30). The van der Waals surface area contributed by atoms with Crippen molar-refractivity contribution in [2.75, 3.05) is 5.32 Å². The van der Waals surface area contributed by atoms with Crippen LogP contribution in [0.15, 0.2) is 59.0 Å². The molecule has 158 valence electrons. The summed E-state index contributed by atoms with van der Waals surface area (Å²) < 4.78 is 5.94. The largest absolute Gasteiger partial charge is 0.436 e. The van der Waals surface area contributed by atoms with Gasteiger partial charge in [0.2, 0.25) is 5.89 Å². The number of fused-ring (bicyclic) bond motifs is 1. The Morgan fingerprint density at radius 1 is 1.03 bits per heavy atom. The molecule has 4 aromatic rings. The lowest BCUT2D eigenvalue weighted by molar-refractivity contribution is 0.102. The Kier molecular flexibility index (Phi) is 6.24. The van der Waals surface area contributed by atoms with Crippen LogP contribution in [-0.2, 0) is 0 Å². The molecule has 0 saturated heterocycles. The van der Waals surface area contributed by atoms with Gasteiger partial charge in [-0.05, 0) is 66.4 Å². The number of halogens is 3. The average Bonchev–Trinajstić information content (AvgIpc) is 3.17. The first-order valence-electron chi connectivity index (χ1n) is 9.82. The van der Waals surface area contributed by atoms with Crippen molar-refractivity contribution in [1.82, 2.24) is 4.98 Å². The first-order valence-corrected chi connectivity index (χ1v) is 11.0. The normalized spacial score (nSPS) is 12.2. The molecule has 0 bridgehead atoms.